The van der Waals surface area contributed by atoms with Crippen molar-refractivity contribution in [3.05, 3.63) is 67.4 Å². The van der Waals surface area contributed by atoms with Crippen molar-refractivity contribution in [3.8, 4) is 11.5 Å². The van der Waals surface area contributed by atoms with Gasteiger partial charge < -0.3 is 35.8 Å². The predicted octanol–water partition coefficient (Wildman–Crippen LogP) is 5.95. The van der Waals surface area contributed by atoms with Crippen LogP contribution in [0.25, 0.3) is 0 Å². The number of nitrogens with two attached hydrogens (primary N) is 1. The standard InChI is InChI=1S/C14H9Cl2NO5.C8H14ClN5.C5H12NO4P/c1-21-14(18)10-7-9(3-4-12(10)17(19)20)22-13-5-2-8(15)6-11(13)16;1-4-10-7-12-6(9)13-8(14-7)11-5(2)3;1-11(9,10)3-2-4(6)5(7)8/h2-7H,1H3;5H,4H2,1-3H3,(H2,10,11,12,13,14);4H,2-3,6H2,1H3,(H,7,8)(H,9,10). The van der Waals surface area contributed by atoms with Gasteiger partial charge in [0, 0.05) is 42.6 Å². The van der Waals surface area contributed by atoms with Gasteiger partial charge in [-0.05, 0) is 63.1 Å². The maximum Gasteiger partial charge on any atom is 0.345 e. The lowest BCUT2D eigenvalue weighted by molar-refractivity contribution is -0.385. The van der Waals surface area contributed by atoms with E-state index >= 15 is 0 Å². The molecule has 0 bridgehead atoms. The summed E-state index contributed by atoms with van der Waals surface area (Å²) in [7, 11) is -1.97. The number of aromatic nitrogens is 3. The van der Waals surface area contributed by atoms with Crippen molar-refractivity contribution >= 4 is 71.7 Å². The van der Waals surface area contributed by atoms with Gasteiger partial charge in [0.05, 0.1) is 17.1 Å². The highest BCUT2D eigenvalue weighted by Gasteiger charge is 2.22. The van der Waals surface area contributed by atoms with Crippen molar-refractivity contribution in [2.45, 2.75) is 39.3 Å². The number of esters is 1. The molecule has 1 aromatic heterocycles. The van der Waals surface area contributed by atoms with E-state index in [0.29, 0.717) is 22.7 Å². The van der Waals surface area contributed by atoms with Crippen molar-refractivity contribution in [2.75, 3.05) is 37.1 Å². The Balaban J connectivity index is 0.000000381. The molecular formula is C27H35Cl3N7O9P. The number of carboxylic acids is 1. The van der Waals surface area contributed by atoms with Crippen molar-refractivity contribution in [3.63, 3.8) is 0 Å². The van der Waals surface area contributed by atoms with Crippen LogP contribution in [0.3, 0.4) is 0 Å². The van der Waals surface area contributed by atoms with Crippen molar-refractivity contribution in [2.24, 2.45) is 5.73 Å². The molecule has 47 heavy (non-hydrogen) atoms. The number of benzene rings is 2. The zero-order valence-electron chi connectivity index (χ0n) is 25.9. The van der Waals surface area contributed by atoms with E-state index < -0.39 is 30.3 Å². The Labute approximate surface area is 285 Å². The summed E-state index contributed by atoms with van der Waals surface area (Å²) in [6.07, 6.45) is 0.0000772. The Morgan fingerprint density at radius 3 is 2.26 bits per heavy atom. The van der Waals surface area contributed by atoms with Gasteiger partial charge in [-0.1, -0.05) is 23.2 Å². The van der Waals surface area contributed by atoms with Crippen LogP contribution in [0.15, 0.2) is 36.4 Å². The van der Waals surface area contributed by atoms with Gasteiger partial charge in [0.2, 0.25) is 17.2 Å². The van der Waals surface area contributed by atoms with Gasteiger partial charge in [-0.2, -0.15) is 15.0 Å². The molecule has 2 unspecified atom stereocenters. The predicted molar refractivity (Wildman–Crippen MR) is 180 cm³/mol. The summed E-state index contributed by atoms with van der Waals surface area (Å²) in [5.41, 5.74) is 4.51. The third-order valence-corrected chi connectivity index (χ3v) is 7.01. The first-order valence-corrected chi connectivity index (χ1v) is 17.0. The fraction of sp³-hybridized carbons (Fsp3) is 0.370. The first kappa shape index (κ1) is 41.2. The molecule has 20 heteroatoms. The van der Waals surface area contributed by atoms with E-state index in [-0.39, 0.29) is 45.9 Å². The fourth-order valence-corrected chi connectivity index (χ4v) is 4.47. The highest BCUT2D eigenvalue weighted by Crippen LogP contribution is 2.36. The number of aliphatic carboxylic acids is 1. The molecule has 16 nitrogen and oxygen atoms in total. The van der Waals surface area contributed by atoms with Crippen LogP contribution in [-0.4, -0.2) is 80.4 Å². The average molecular weight is 739 g/mol. The molecule has 258 valence electrons. The topological polar surface area (TPSA) is 242 Å². The third-order valence-electron chi connectivity index (χ3n) is 5.22. The van der Waals surface area contributed by atoms with Crippen LogP contribution >= 0.6 is 42.2 Å². The zero-order chi connectivity index (χ0) is 35.9. The molecule has 2 aromatic carbocycles. The van der Waals surface area contributed by atoms with Crippen molar-refractivity contribution < 1.29 is 38.6 Å². The van der Waals surface area contributed by atoms with E-state index in [9.17, 15) is 24.3 Å². The van der Waals surface area contributed by atoms with E-state index in [0.717, 1.165) is 19.7 Å². The number of nitrogens with zero attached hydrogens (tertiary/aromatic N) is 4. The second-order valence-corrected chi connectivity index (χ2v) is 13.4. The molecule has 0 aliphatic rings. The number of nitro groups is 1. The summed E-state index contributed by atoms with van der Waals surface area (Å²) < 4.78 is 20.7. The highest BCUT2D eigenvalue weighted by atomic mass is 35.5. The minimum absolute atomic E-state index is 0.0412. The van der Waals surface area contributed by atoms with Gasteiger partial charge in [-0.15, -0.1) is 0 Å². The number of nitrogens with one attached hydrogen (secondary N) is 2. The number of carbonyl (C=O) groups excluding carboxylic acids is 1. The molecule has 0 aliphatic carbocycles. The number of rotatable bonds is 12. The van der Waals surface area contributed by atoms with Gasteiger partial charge in [0.1, 0.15) is 23.1 Å². The number of carboxylic acid groups (broad SMARTS) is 1. The Morgan fingerprint density at radius 2 is 1.74 bits per heavy atom. The summed E-state index contributed by atoms with van der Waals surface area (Å²) in [5.74, 6) is -0.477. The molecule has 6 N–H and O–H groups in total. The zero-order valence-corrected chi connectivity index (χ0v) is 29.1. The van der Waals surface area contributed by atoms with Crippen molar-refractivity contribution in [1.29, 1.82) is 0 Å². The third kappa shape index (κ3) is 16.0. The summed E-state index contributed by atoms with van der Waals surface area (Å²) in [5, 5.41) is 26.1. The average Bonchev–Trinajstić information content (AvgIpc) is 2.96. The number of hydrogen-bond acceptors (Lipinski definition) is 13. The minimum Gasteiger partial charge on any atom is -0.480 e. The van der Waals surface area contributed by atoms with Crippen LogP contribution in [0, 0.1) is 10.1 Å². The maximum atomic E-state index is 11.6. The molecular weight excluding hydrogens is 704 g/mol. The second-order valence-electron chi connectivity index (χ2n) is 9.69. The minimum atomic E-state index is -3.10. The molecule has 0 spiro atoms. The Bertz CT molecular complexity index is 1580. The molecule has 0 aliphatic heterocycles. The monoisotopic (exact) mass is 737 g/mol. The van der Waals surface area contributed by atoms with E-state index in [1.54, 1.807) is 12.1 Å². The fourth-order valence-electron chi connectivity index (χ4n) is 3.11. The number of methoxy groups -OCH3 is 1. The van der Waals surface area contributed by atoms with Crippen LogP contribution in [0.1, 0.15) is 37.6 Å². The molecule has 2 atom stereocenters. The first-order chi connectivity index (χ1) is 21.9. The highest BCUT2D eigenvalue weighted by molar-refractivity contribution is 7.57. The Morgan fingerprint density at radius 1 is 1.11 bits per heavy atom. The van der Waals surface area contributed by atoms with Gasteiger partial charge in [-0.3, -0.25) is 19.5 Å². The first-order valence-electron chi connectivity index (χ1n) is 13.6. The van der Waals surface area contributed by atoms with Crippen LogP contribution in [-0.2, 0) is 14.1 Å². The molecule has 0 radical (unpaired) electrons. The van der Waals surface area contributed by atoms with Crippen LogP contribution in [0.5, 0.6) is 11.5 Å². The number of anilines is 2. The van der Waals surface area contributed by atoms with Crippen molar-refractivity contribution in [1.82, 2.24) is 15.0 Å². The molecule has 3 aromatic rings. The summed E-state index contributed by atoms with van der Waals surface area (Å²) >= 11 is 17.5. The lowest BCUT2D eigenvalue weighted by Gasteiger charge is -2.09. The van der Waals surface area contributed by atoms with Gasteiger partial charge >= 0.3 is 11.9 Å². The quantitative estimate of drug-likeness (QED) is 0.0624. The normalized spacial score (nSPS) is 12.2. The summed E-state index contributed by atoms with van der Waals surface area (Å²) in [6, 6.07) is 7.58. The van der Waals surface area contributed by atoms with Gasteiger partial charge in [0.15, 0.2) is 7.37 Å². The molecule has 0 saturated heterocycles. The number of ether oxygens (including phenoxy) is 2. The van der Waals surface area contributed by atoms with Crippen LogP contribution in [0.2, 0.25) is 15.3 Å². The lowest BCUT2D eigenvalue weighted by atomic mass is 10.1. The summed E-state index contributed by atoms with van der Waals surface area (Å²) in [6.45, 7) is 7.91. The molecule has 1 heterocycles. The van der Waals surface area contributed by atoms with E-state index in [2.05, 4.69) is 30.3 Å². The number of hydrogen-bond donors (Lipinski definition) is 5. The number of halogens is 3. The molecule has 0 saturated carbocycles. The SMILES string of the molecule is CCNc1nc(Cl)nc(NC(C)C)n1.COC(=O)c1cc(Oc2ccc(Cl)cc2Cl)ccc1[N+](=O)[O-].CP(=O)(O)CCC(N)C(=O)O. The van der Waals surface area contributed by atoms with Crippen LogP contribution in [0.4, 0.5) is 17.6 Å². The second kappa shape index (κ2) is 19.8. The largest absolute Gasteiger partial charge is 0.480 e. The van der Waals surface area contributed by atoms with E-state index in [1.165, 1.54) is 24.9 Å². The van der Waals surface area contributed by atoms with Gasteiger partial charge in [-0.25, -0.2) is 4.79 Å². The summed E-state index contributed by atoms with van der Waals surface area (Å²) in [4.78, 5) is 52.8. The van der Waals surface area contributed by atoms with Crippen LogP contribution < -0.4 is 21.1 Å². The van der Waals surface area contributed by atoms with Gasteiger partial charge in [0.25, 0.3) is 5.69 Å². The number of carbonyl (C=O) groups is 2. The lowest BCUT2D eigenvalue weighted by Crippen LogP contribution is -2.30. The molecule has 0 amide bonds. The molecule has 3 rings (SSSR count). The Hall–Kier alpha value is -3.79. The van der Waals surface area contributed by atoms with E-state index in [4.69, 9.17) is 55.3 Å². The smallest absolute Gasteiger partial charge is 0.345 e. The number of nitro benzene ring substituents is 1. The Kier molecular flexibility index (Phi) is 17.3. The maximum absolute atomic E-state index is 11.6. The van der Waals surface area contributed by atoms with E-state index in [1.807, 2.05) is 20.8 Å². The molecule has 0 fully saturated rings.